The number of rotatable bonds is 3. The second-order valence-corrected chi connectivity index (χ2v) is 3.70. The van der Waals surface area contributed by atoms with E-state index in [0.29, 0.717) is 11.1 Å². The zero-order chi connectivity index (χ0) is 10.7. The van der Waals surface area contributed by atoms with Gasteiger partial charge in [-0.15, -0.1) is 23.2 Å². The van der Waals surface area contributed by atoms with Gasteiger partial charge in [0, 0.05) is 5.88 Å². The van der Waals surface area contributed by atoms with E-state index in [1.54, 1.807) is 6.07 Å². The smallest absolute Gasteiger partial charge is 0.152 e. The second kappa shape index (κ2) is 4.76. The summed E-state index contributed by atoms with van der Waals surface area (Å²) in [7, 11) is 0. The monoisotopic (exact) mass is 234 g/mol. The van der Waals surface area contributed by atoms with Crippen LogP contribution in [0.2, 0.25) is 0 Å². The second-order valence-electron chi connectivity index (χ2n) is 3.00. The van der Waals surface area contributed by atoms with E-state index in [4.69, 9.17) is 23.2 Å². The molecule has 0 aliphatic carbocycles. The highest BCUT2D eigenvalue weighted by molar-refractivity contribution is 6.30. The first-order chi connectivity index (χ1) is 6.54. The van der Waals surface area contributed by atoms with Crippen LogP contribution in [-0.2, 0) is 10.7 Å². The molecule has 0 spiro atoms. The Morgan fingerprint density at radius 1 is 1.50 bits per heavy atom. The van der Waals surface area contributed by atoms with E-state index in [9.17, 15) is 9.18 Å². The topological polar surface area (TPSA) is 17.1 Å². The fourth-order valence-electron chi connectivity index (χ4n) is 1.13. The molecule has 0 saturated heterocycles. The normalized spacial score (nSPS) is 12.6. The number of alkyl halides is 2. The highest BCUT2D eigenvalue weighted by Crippen LogP contribution is 2.24. The van der Waals surface area contributed by atoms with Crippen molar-refractivity contribution in [2.45, 2.75) is 18.2 Å². The van der Waals surface area contributed by atoms with Gasteiger partial charge in [0.1, 0.15) is 11.2 Å². The van der Waals surface area contributed by atoms with Crippen molar-refractivity contribution in [1.82, 2.24) is 0 Å². The van der Waals surface area contributed by atoms with Crippen LogP contribution in [0.15, 0.2) is 18.2 Å². The summed E-state index contributed by atoms with van der Waals surface area (Å²) in [6.07, 6.45) is 0. The van der Waals surface area contributed by atoms with Gasteiger partial charge in [0.25, 0.3) is 0 Å². The van der Waals surface area contributed by atoms with Crippen LogP contribution in [0, 0.1) is 5.82 Å². The molecule has 0 fully saturated rings. The molecule has 1 aromatic carbocycles. The molecule has 0 radical (unpaired) electrons. The third-order valence-corrected chi connectivity index (χ3v) is 2.65. The van der Waals surface area contributed by atoms with Gasteiger partial charge >= 0.3 is 0 Å². The first-order valence-corrected chi connectivity index (χ1v) is 5.01. The third-order valence-electron chi connectivity index (χ3n) is 1.78. The summed E-state index contributed by atoms with van der Waals surface area (Å²) in [6.45, 7) is 1.36. The Kier molecular flexibility index (Phi) is 3.90. The Hall–Kier alpha value is -0.600. The first-order valence-electron chi connectivity index (χ1n) is 4.04. The molecule has 0 saturated carbocycles. The lowest BCUT2D eigenvalue weighted by Crippen LogP contribution is -2.02. The molecular formula is C10H9Cl2FO. The van der Waals surface area contributed by atoms with E-state index in [0.717, 1.165) is 0 Å². The molecule has 0 aromatic heterocycles. The lowest BCUT2D eigenvalue weighted by atomic mass is 10.1. The summed E-state index contributed by atoms with van der Waals surface area (Å²) < 4.78 is 13.0. The van der Waals surface area contributed by atoms with Gasteiger partial charge in [-0.1, -0.05) is 6.07 Å². The molecule has 1 nitrogen and oxygen atoms in total. The van der Waals surface area contributed by atoms with Crippen molar-refractivity contribution in [2.24, 2.45) is 0 Å². The Morgan fingerprint density at radius 3 is 2.64 bits per heavy atom. The fourth-order valence-corrected chi connectivity index (χ4v) is 1.41. The van der Waals surface area contributed by atoms with Gasteiger partial charge in [0.15, 0.2) is 5.78 Å². The number of carbonyl (C=O) groups is 1. The molecular weight excluding hydrogens is 226 g/mol. The lowest BCUT2D eigenvalue weighted by Gasteiger charge is -2.07. The number of hydrogen-bond acceptors (Lipinski definition) is 1. The standard InChI is InChI=1S/C10H9Cl2FO/c1-6(14)10(12)8-2-7(5-11)3-9(13)4-8/h2-4,10H,5H2,1H3. The molecule has 1 unspecified atom stereocenters. The highest BCUT2D eigenvalue weighted by Gasteiger charge is 2.14. The molecule has 0 bridgehead atoms. The average molecular weight is 235 g/mol. The summed E-state index contributed by atoms with van der Waals surface area (Å²) in [5.74, 6) is -0.436. The van der Waals surface area contributed by atoms with E-state index in [1.165, 1.54) is 19.1 Å². The highest BCUT2D eigenvalue weighted by atomic mass is 35.5. The van der Waals surface area contributed by atoms with Crippen LogP contribution >= 0.6 is 23.2 Å². The lowest BCUT2D eigenvalue weighted by molar-refractivity contribution is -0.116. The Bertz CT molecular complexity index is 352. The number of benzene rings is 1. The maximum Gasteiger partial charge on any atom is 0.152 e. The van der Waals surface area contributed by atoms with Crippen LogP contribution in [0.5, 0.6) is 0 Å². The maximum absolute atomic E-state index is 13.0. The molecule has 1 atom stereocenters. The molecule has 0 heterocycles. The third kappa shape index (κ3) is 2.69. The number of ketones is 1. The molecule has 0 N–H and O–H groups in total. The predicted octanol–water partition coefficient (Wildman–Crippen LogP) is 3.43. The number of hydrogen-bond donors (Lipinski definition) is 0. The molecule has 1 rings (SSSR count). The van der Waals surface area contributed by atoms with Gasteiger partial charge in [-0.3, -0.25) is 4.79 Å². The minimum absolute atomic E-state index is 0.201. The van der Waals surface area contributed by atoms with Crippen LogP contribution in [0.1, 0.15) is 23.4 Å². The molecule has 76 valence electrons. The summed E-state index contributed by atoms with van der Waals surface area (Å²) in [5, 5.41) is -0.798. The fraction of sp³-hybridized carbons (Fsp3) is 0.300. The van der Waals surface area contributed by atoms with Crippen LogP contribution in [0.3, 0.4) is 0 Å². The maximum atomic E-state index is 13.0. The predicted molar refractivity (Wildman–Crippen MR) is 55.2 cm³/mol. The van der Waals surface area contributed by atoms with Crippen molar-refractivity contribution in [1.29, 1.82) is 0 Å². The number of halogens is 3. The minimum Gasteiger partial charge on any atom is -0.298 e. The summed E-state index contributed by atoms with van der Waals surface area (Å²) >= 11 is 11.3. The van der Waals surface area contributed by atoms with Gasteiger partial charge in [-0.2, -0.15) is 0 Å². The van der Waals surface area contributed by atoms with Gasteiger partial charge in [0.05, 0.1) is 0 Å². The van der Waals surface area contributed by atoms with Gasteiger partial charge in [-0.05, 0) is 30.2 Å². The number of Topliss-reactive ketones (excluding diaryl/α,β-unsaturated/α-hetero) is 1. The van der Waals surface area contributed by atoms with E-state index in [2.05, 4.69) is 0 Å². The molecule has 4 heteroatoms. The van der Waals surface area contributed by atoms with Crippen LogP contribution < -0.4 is 0 Å². The molecule has 0 aliphatic rings. The Morgan fingerprint density at radius 2 is 2.14 bits per heavy atom. The molecule has 0 amide bonds. The quantitative estimate of drug-likeness (QED) is 0.733. The summed E-state index contributed by atoms with van der Waals surface area (Å²) in [6, 6.07) is 4.20. The average Bonchev–Trinajstić information content (AvgIpc) is 2.15. The Balaban J connectivity index is 3.08. The summed E-state index contributed by atoms with van der Waals surface area (Å²) in [4.78, 5) is 11.0. The van der Waals surface area contributed by atoms with Crippen molar-refractivity contribution in [3.8, 4) is 0 Å². The van der Waals surface area contributed by atoms with Crippen molar-refractivity contribution in [3.05, 3.63) is 35.1 Å². The largest absolute Gasteiger partial charge is 0.298 e. The summed E-state index contributed by atoms with van der Waals surface area (Å²) in [5.41, 5.74) is 1.07. The zero-order valence-electron chi connectivity index (χ0n) is 7.56. The van der Waals surface area contributed by atoms with Gasteiger partial charge in [-0.25, -0.2) is 4.39 Å². The van der Waals surface area contributed by atoms with E-state index in [-0.39, 0.29) is 11.7 Å². The first kappa shape index (κ1) is 11.5. The van der Waals surface area contributed by atoms with E-state index < -0.39 is 11.2 Å². The van der Waals surface area contributed by atoms with Crippen molar-refractivity contribution < 1.29 is 9.18 Å². The van der Waals surface area contributed by atoms with Crippen molar-refractivity contribution >= 4 is 29.0 Å². The van der Waals surface area contributed by atoms with Gasteiger partial charge in [0.2, 0.25) is 0 Å². The van der Waals surface area contributed by atoms with E-state index in [1.807, 2.05) is 0 Å². The van der Waals surface area contributed by atoms with Crippen molar-refractivity contribution in [3.63, 3.8) is 0 Å². The van der Waals surface area contributed by atoms with Gasteiger partial charge < -0.3 is 0 Å². The van der Waals surface area contributed by atoms with Crippen LogP contribution in [0.4, 0.5) is 4.39 Å². The molecule has 1 aromatic rings. The molecule has 0 aliphatic heterocycles. The Labute approximate surface area is 91.8 Å². The SMILES string of the molecule is CC(=O)C(Cl)c1cc(F)cc(CCl)c1. The van der Waals surface area contributed by atoms with E-state index >= 15 is 0 Å². The minimum atomic E-state index is -0.798. The van der Waals surface area contributed by atoms with Crippen molar-refractivity contribution in [2.75, 3.05) is 0 Å². The van der Waals surface area contributed by atoms with Crippen LogP contribution in [-0.4, -0.2) is 5.78 Å². The van der Waals surface area contributed by atoms with Crippen LogP contribution in [0.25, 0.3) is 0 Å². The number of carbonyl (C=O) groups excluding carboxylic acids is 1. The molecule has 14 heavy (non-hydrogen) atoms. The zero-order valence-corrected chi connectivity index (χ0v) is 9.07.